The van der Waals surface area contributed by atoms with Crippen molar-refractivity contribution in [3.8, 4) is 11.5 Å². The Morgan fingerprint density at radius 2 is 1.82 bits per heavy atom. The molecule has 1 heterocycles. The SMILES string of the molecule is CCOc1cc(/C=C2\SC(=O)N(CC(=O)Nc3ccc(C)cc3C)C2=O)cc(Br)c1OCc1ccc(F)cc1. The third-order valence-corrected chi connectivity index (χ3v) is 7.25. The van der Waals surface area contributed by atoms with E-state index in [1.807, 2.05) is 32.9 Å². The van der Waals surface area contributed by atoms with Gasteiger partial charge in [0, 0.05) is 5.69 Å². The van der Waals surface area contributed by atoms with Crippen molar-refractivity contribution in [2.24, 2.45) is 0 Å². The number of rotatable bonds is 9. The highest BCUT2D eigenvalue weighted by atomic mass is 79.9. The molecule has 10 heteroatoms. The fourth-order valence-electron chi connectivity index (χ4n) is 3.89. The van der Waals surface area contributed by atoms with Gasteiger partial charge in [0.1, 0.15) is 19.0 Å². The highest BCUT2D eigenvalue weighted by molar-refractivity contribution is 9.10. The molecule has 39 heavy (non-hydrogen) atoms. The molecular formula is C29H26BrFN2O5S. The Morgan fingerprint density at radius 3 is 2.51 bits per heavy atom. The Balaban J connectivity index is 1.48. The third-order valence-electron chi connectivity index (χ3n) is 5.76. The first kappa shape index (κ1) is 28.4. The molecule has 1 N–H and O–H groups in total. The van der Waals surface area contributed by atoms with Crippen molar-refractivity contribution < 1.29 is 28.2 Å². The second-order valence-electron chi connectivity index (χ2n) is 8.81. The summed E-state index contributed by atoms with van der Waals surface area (Å²) in [6.07, 6.45) is 1.57. The van der Waals surface area contributed by atoms with Crippen LogP contribution in [0.3, 0.4) is 0 Å². The number of hydrogen-bond donors (Lipinski definition) is 1. The first-order valence-corrected chi connectivity index (χ1v) is 13.7. The summed E-state index contributed by atoms with van der Waals surface area (Å²) in [5.74, 6) is -0.450. The normalized spacial score (nSPS) is 14.2. The lowest BCUT2D eigenvalue weighted by atomic mass is 10.1. The summed E-state index contributed by atoms with van der Waals surface area (Å²) in [5, 5.41) is 2.24. The molecule has 1 aliphatic rings. The van der Waals surface area contributed by atoms with E-state index in [0.29, 0.717) is 33.8 Å². The minimum atomic E-state index is -0.550. The van der Waals surface area contributed by atoms with Crippen molar-refractivity contribution >= 4 is 56.5 Å². The number of hydrogen-bond acceptors (Lipinski definition) is 6. The molecule has 202 valence electrons. The van der Waals surface area contributed by atoms with Gasteiger partial charge in [0.05, 0.1) is 16.0 Å². The Bertz CT molecular complexity index is 1460. The molecule has 0 saturated carbocycles. The zero-order valence-electron chi connectivity index (χ0n) is 21.5. The maximum Gasteiger partial charge on any atom is 0.294 e. The zero-order chi connectivity index (χ0) is 28.1. The van der Waals surface area contributed by atoms with Crippen LogP contribution in [0.5, 0.6) is 11.5 Å². The number of amides is 3. The first-order valence-electron chi connectivity index (χ1n) is 12.1. The molecule has 0 spiro atoms. The lowest BCUT2D eigenvalue weighted by molar-refractivity contribution is -0.127. The van der Waals surface area contributed by atoms with E-state index in [1.54, 1.807) is 36.4 Å². The van der Waals surface area contributed by atoms with E-state index in [1.165, 1.54) is 12.1 Å². The molecule has 1 fully saturated rings. The summed E-state index contributed by atoms with van der Waals surface area (Å²) in [5.41, 5.74) is 3.96. The summed E-state index contributed by atoms with van der Waals surface area (Å²) < 4.78 is 25.5. The standard InChI is InChI=1S/C29H26BrFN2O5S/c1-4-37-24-13-20(12-22(30)27(24)38-16-19-6-8-21(31)9-7-19)14-25-28(35)33(29(36)39-25)15-26(34)32-23-10-5-17(2)11-18(23)3/h5-14H,4,15-16H2,1-3H3,(H,32,34)/b25-14-. The van der Waals surface area contributed by atoms with Crippen molar-refractivity contribution in [1.82, 2.24) is 4.90 Å². The number of benzene rings is 3. The monoisotopic (exact) mass is 612 g/mol. The average molecular weight is 614 g/mol. The molecule has 1 saturated heterocycles. The summed E-state index contributed by atoms with van der Waals surface area (Å²) >= 11 is 4.27. The number of carbonyl (C=O) groups excluding carboxylic acids is 3. The number of halogens is 2. The van der Waals surface area contributed by atoms with Gasteiger partial charge < -0.3 is 14.8 Å². The van der Waals surface area contributed by atoms with Gasteiger partial charge in [0.2, 0.25) is 5.91 Å². The predicted molar refractivity (Wildman–Crippen MR) is 153 cm³/mol. The van der Waals surface area contributed by atoms with Crippen LogP contribution in [0, 0.1) is 19.7 Å². The van der Waals surface area contributed by atoms with E-state index >= 15 is 0 Å². The van der Waals surface area contributed by atoms with Crippen molar-refractivity contribution in [3.63, 3.8) is 0 Å². The summed E-state index contributed by atoms with van der Waals surface area (Å²) in [4.78, 5) is 39.3. The van der Waals surface area contributed by atoms with E-state index < -0.39 is 17.1 Å². The molecule has 7 nitrogen and oxygen atoms in total. The van der Waals surface area contributed by atoms with Gasteiger partial charge in [-0.2, -0.15) is 0 Å². The van der Waals surface area contributed by atoms with Crippen LogP contribution in [0.2, 0.25) is 0 Å². The van der Waals surface area contributed by atoms with Crippen molar-refractivity contribution in [3.05, 3.63) is 92.0 Å². The van der Waals surface area contributed by atoms with Gasteiger partial charge in [-0.1, -0.05) is 29.8 Å². The van der Waals surface area contributed by atoms with E-state index in [4.69, 9.17) is 9.47 Å². The maximum absolute atomic E-state index is 13.2. The minimum absolute atomic E-state index is 0.189. The van der Waals surface area contributed by atoms with E-state index in [9.17, 15) is 18.8 Å². The van der Waals surface area contributed by atoms with Crippen molar-refractivity contribution in [2.75, 3.05) is 18.5 Å². The Morgan fingerprint density at radius 1 is 1.08 bits per heavy atom. The van der Waals surface area contributed by atoms with Gasteiger partial charge >= 0.3 is 0 Å². The second kappa shape index (κ2) is 12.5. The zero-order valence-corrected chi connectivity index (χ0v) is 23.9. The number of imide groups is 1. The number of thioether (sulfide) groups is 1. The van der Waals surface area contributed by atoms with Crippen LogP contribution in [0.4, 0.5) is 14.9 Å². The Hall–Kier alpha value is -3.63. The molecule has 0 radical (unpaired) electrons. The molecule has 3 amide bonds. The van der Waals surface area contributed by atoms with Crippen LogP contribution in [0.25, 0.3) is 6.08 Å². The van der Waals surface area contributed by atoms with Crippen LogP contribution in [0.15, 0.2) is 64.0 Å². The smallest absolute Gasteiger partial charge is 0.294 e. The molecule has 3 aromatic rings. The number of nitrogens with zero attached hydrogens (tertiary/aromatic N) is 1. The molecule has 3 aromatic carbocycles. The van der Waals surface area contributed by atoms with Crippen LogP contribution >= 0.6 is 27.7 Å². The number of anilines is 1. The number of ether oxygens (including phenoxy) is 2. The van der Waals surface area contributed by atoms with Gasteiger partial charge in [-0.15, -0.1) is 0 Å². The fraction of sp³-hybridized carbons (Fsp3) is 0.207. The predicted octanol–water partition coefficient (Wildman–Crippen LogP) is 6.86. The molecule has 0 unspecified atom stereocenters. The van der Waals surface area contributed by atoms with E-state index in [0.717, 1.165) is 33.4 Å². The quantitative estimate of drug-likeness (QED) is 0.266. The van der Waals surface area contributed by atoms with Crippen LogP contribution < -0.4 is 14.8 Å². The summed E-state index contributed by atoms with van der Waals surface area (Å²) in [6, 6.07) is 15.0. The highest BCUT2D eigenvalue weighted by Gasteiger charge is 2.36. The topological polar surface area (TPSA) is 84.9 Å². The van der Waals surface area contributed by atoms with Gasteiger partial charge in [-0.25, -0.2) is 4.39 Å². The van der Waals surface area contributed by atoms with E-state index in [2.05, 4.69) is 21.2 Å². The minimum Gasteiger partial charge on any atom is -0.490 e. The van der Waals surface area contributed by atoms with E-state index in [-0.39, 0.29) is 23.9 Å². The second-order valence-corrected chi connectivity index (χ2v) is 10.7. The van der Waals surface area contributed by atoms with Gasteiger partial charge in [0.15, 0.2) is 11.5 Å². The Kier molecular flexibility index (Phi) is 9.08. The van der Waals surface area contributed by atoms with Gasteiger partial charge in [0.25, 0.3) is 11.1 Å². The largest absolute Gasteiger partial charge is 0.490 e. The van der Waals surface area contributed by atoms with Crippen LogP contribution in [-0.4, -0.2) is 35.1 Å². The van der Waals surface area contributed by atoms with Gasteiger partial charge in [-0.05, 0) is 102 Å². The van der Waals surface area contributed by atoms with Crippen molar-refractivity contribution in [1.29, 1.82) is 0 Å². The highest BCUT2D eigenvalue weighted by Crippen LogP contribution is 2.39. The number of carbonyl (C=O) groups is 3. The number of nitrogens with one attached hydrogen (secondary N) is 1. The van der Waals surface area contributed by atoms with Crippen LogP contribution in [-0.2, 0) is 16.2 Å². The molecular weight excluding hydrogens is 587 g/mol. The average Bonchev–Trinajstić information content (AvgIpc) is 3.13. The molecule has 0 bridgehead atoms. The molecule has 0 aliphatic carbocycles. The summed E-state index contributed by atoms with van der Waals surface area (Å²) in [7, 11) is 0. The lowest BCUT2D eigenvalue weighted by Gasteiger charge is -2.15. The van der Waals surface area contributed by atoms with Crippen molar-refractivity contribution in [2.45, 2.75) is 27.4 Å². The number of aryl methyl sites for hydroxylation is 2. The third kappa shape index (κ3) is 7.07. The molecule has 1 aliphatic heterocycles. The molecule has 0 aromatic heterocycles. The molecule has 4 rings (SSSR count). The first-order chi connectivity index (χ1) is 18.6. The molecule has 0 atom stereocenters. The van der Waals surface area contributed by atoms with Crippen LogP contribution in [0.1, 0.15) is 29.2 Å². The fourth-order valence-corrected chi connectivity index (χ4v) is 5.30. The maximum atomic E-state index is 13.2. The lowest BCUT2D eigenvalue weighted by Crippen LogP contribution is -2.36. The van der Waals surface area contributed by atoms with Gasteiger partial charge in [-0.3, -0.25) is 19.3 Å². The Labute approximate surface area is 238 Å². The summed E-state index contributed by atoms with van der Waals surface area (Å²) in [6.45, 7) is 5.84.